The van der Waals surface area contributed by atoms with Crippen molar-refractivity contribution in [3.05, 3.63) is 46.4 Å². The Morgan fingerprint density at radius 3 is 1.76 bits per heavy atom. The molecule has 17 heavy (non-hydrogen) atoms. The third kappa shape index (κ3) is 2.50. The van der Waals surface area contributed by atoms with Gasteiger partial charge in [-0.2, -0.15) is 0 Å². The minimum absolute atomic E-state index is 0. The molecule has 1 heterocycles. The zero-order chi connectivity index (χ0) is 11.1. The fourth-order valence-electron chi connectivity index (χ4n) is 1.63. The highest BCUT2D eigenvalue weighted by Gasteiger charge is 2.15. The first-order valence-electron chi connectivity index (χ1n) is 4.76. The molecule has 0 fully saturated rings. The van der Waals surface area contributed by atoms with Crippen LogP contribution in [-0.2, 0) is 0 Å². The van der Waals surface area contributed by atoms with Gasteiger partial charge in [0.15, 0.2) is 0 Å². The van der Waals surface area contributed by atoms with Crippen molar-refractivity contribution >= 4 is 58.7 Å². The van der Waals surface area contributed by atoms with Gasteiger partial charge in [-0.1, -0.05) is 35.0 Å². The molecule has 2 aromatic carbocycles. The number of halogens is 3. The van der Waals surface area contributed by atoms with Gasteiger partial charge in [0.25, 0.3) is 0 Å². The lowest BCUT2D eigenvalue weighted by Gasteiger charge is -2.20. The van der Waals surface area contributed by atoms with Crippen LogP contribution >= 0.6 is 47.4 Å². The lowest BCUT2D eigenvalue weighted by Crippen LogP contribution is -1.99. The standard InChI is InChI=1S/C12H7Cl2NS.ClH/c13-7-1-3-9-11(5-7)16-12-6-8(14)2-4-10(12)15-9;/h1-6,15H;1H. The molecule has 2 aromatic rings. The molecule has 1 nitrogen and oxygen atoms in total. The molecular weight excluding hydrogens is 297 g/mol. The van der Waals surface area contributed by atoms with E-state index in [1.54, 1.807) is 11.8 Å². The van der Waals surface area contributed by atoms with E-state index in [0.29, 0.717) is 0 Å². The molecule has 88 valence electrons. The Morgan fingerprint density at radius 1 is 0.824 bits per heavy atom. The monoisotopic (exact) mass is 303 g/mol. The first kappa shape index (κ1) is 12.9. The largest absolute Gasteiger partial charge is 0.354 e. The summed E-state index contributed by atoms with van der Waals surface area (Å²) in [4.78, 5) is 2.25. The van der Waals surface area contributed by atoms with E-state index >= 15 is 0 Å². The van der Waals surface area contributed by atoms with Crippen LogP contribution in [-0.4, -0.2) is 0 Å². The predicted octanol–water partition coefficient (Wildman–Crippen LogP) is 5.62. The van der Waals surface area contributed by atoms with Gasteiger partial charge in [0.05, 0.1) is 11.4 Å². The van der Waals surface area contributed by atoms with E-state index in [-0.39, 0.29) is 12.4 Å². The topological polar surface area (TPSA) is 12.0 Å². The maximum Gasteiger partial charge on any atom is 0.0527 e. The summed E-state index contributed by atoms with van der Waals surface area (Å²) in [7, 11) is 0. The van der Waals surface area contributed by atoms with Crippen molar-refractivity contribution < 1.29 is 0 Å². The van der Waals surface area contributed by atoms with Crippen molar-refractivity contribution in [2.75, 3.05) is 5.32 Å². The second kappa shape index (κ2) is 4.99. The summed E-state index contributed by atoms with van der Waals surface area (Å²) in [6, 6.07) is 11.7. The molecular formula is C12H8Cl3NS. The summed E-state index contributed by atoms with van der Waals surface area (Å²) in [5.41, 5.74) is 2.17. The third-order valence-corrected chi connectivity index (χ3v) is 3.96. The molecule has 1 aliphatic rings. The fourth-order valence-corrected chi connectivity index (χ4v) is 3.17. The zero-order valence-electron chi connectivity index (χ0n) is 8.54. The molecule has 0 atom stereocenters. The highest BCUT2D eigenvalue weighted by atomic mass is 35.5. The molecule has 1 N–H and O–H groups in total. The van der Waals surface area contributed by atoms with Gasteiger partial charge in [-0.15, -0.1) is 12.4 Å². The number of fused-ring (bicyclic) bond motifs is 2. The molecule has 0 radical (unpaired) electrons. The van der Waals surface area contributed by atoms with Gasteiger partial charge in [0, 0.05) is 19.8 Å². The second-order valence-electron chi connectivity index (χ2n) is 3.51. The van der Waals surface area contributed by atoms with Gasteiger partial charge in [0.1, 0.15) is 0 Å². The van der Waals surface area contributed by atoms with Crippen LogP contribution in [0.3, 0.4) is 0 Å². The average Bonchev–Trinajstić information content (AvgIpc) is 2.26. The molecule has 0 saturated heterocycles. The number of rotatable bonds is 0. The summed E-state index contributed by atoms with van der Waals surface area (Å²) in [5.74, 6) is 0. The van der Waals surface area contributed by atoms with E-state index in [1.807, 2.05) is 36.4 Å². The Labute approximate surface area is 120 Å². The van der Waals surface area contributed by atoms with Gasteiger partial charge in [-0.05, 0) is 36.4 Å². The van der Waals surface area contributed by atoms with Crippen molar-refractivity contribution in [1.29, 1.82) is 0 Å². The molecule has 0 aliphatic carbocycles. The van der Waals surface area contributed by atoms with Crippen LogP contribution in [0.1, 0.15) is 0 Å². The fraction of sp³-hybridized carbons (Fsp3) is 0. The van der Waals surface area contributed by atoms with Crippen molar-refractivity contribution in [3.8, 4) is 0 Å². The van der Waals surface area contributed by atoms with Gasteiger partial charge >= 0.3 is 0 Å². The molecule has 0 amide bonds. The molecule has 0 aromatic heterocycles. The van der Waals surface area contributed by atoms with Crippen molar-refractivity contribution in [2.24, 2.45) is 0 Å². The van der Waals surface area contributed by atoms with Crippen LogP contribution in [0.15, 0.2) is 46.2 Å². The molecule has 0 spiro atoms. The van der Waals surface area contributed by atoms with E-state index in [1.165, 1.54) is 0 Å². The second-order valence-corrected chi connectivity index (χ2v) is 5.46. The lowest BCUT2D eigenvalue weighted by molar-refractivity contribution is 1.32. The van der Waals surface area contributed by atoms with E-state index in [0.717, 1.165) is 31.2 Å². The first-order valence-corrected chi connectivity index (χ1v) is 6.33. The molecule has 5 heteroatoms. The van der Waals surface area contributed by atoms with E-state index in [4.69, 9.17) is 23.2 Å². The van der Waals surface area contributed by atoms with Crippen LogP contribution in [0, 0.1) is 0 Å². The Hall–Kier alpha value is -0.540. The van der Waals surface area contributed by atoms with E-state index in [2.05, 4.69) is 5.32 Å². The summed E-state index contributed by atoms with van der Waals surface area (Å²) < 4.78 is 0. The van der Waals surface area contributed by atoms with Crippen LogP contribution in [0.5, 0.6) is 0 Å². The molecule has 1 aliphatic heterocycles. The van der Waals surface area contributed by atoms with Gasteiger partial charge in [-0.25, -0.2) is 0 Å². The summed E-state index contributed by atoms with van der Waals surface area (Å²) in [5, 5.41) is 4.85. The Morgan fingerprint density at radius 2 is 1.29 bits per heavy atom. The average molecular weight is 305 g/mol. The zero-order valence-corrected chi connectivity index (χ0v) is 11.7. The SMILES string of the molecule is Cl.Clc1ccc2c(c1)Sc1cc(Cl)ccc1N2. The highest BCUT2D eigenvalue weighted by molar-refractivity contribution is 7.99. The van der Waals surface area contributed by atoms with Crippen molar-refractivity contribution in [1.82, 2.24) is 0 Å². The van der Waals surface area contributed by atoms with Gasteiger partial charge in [-0.3, -0.25) is 0 Å². The maximum atomic E-state index is 5.97. The number of hydrogen-bond donors (Lipinski definition) is 1. The molecule has 0 unspecified atom stereocenters. The lowest BCUT2D eigenvalue weighted by atomic mass is 10.2. The van der Waals surface area contributed by atoms with E-state index < -0.39 is 0 Å². The van der Waals surface area contributed by atoms with Crippen LogP contribution in [0.4, 0.5) is 11.4 Å². The summed E-state index contributed by atoms with van der Waals surface area (Å²) in [6.45, 7) is 0. The minimum atomic E-state index is 0. The summed E-state index contributed by atoms with van der Waals surface area (Å²) >= 11 is 13.6. The smallest absolute Gasteiger partial charge is 0.0527 e. The molecule has 0 saturated carbocycles. The number of anilines is 2. The van der Waals surface area contributed by atoms with Crippen molar-refractivity contribution in [2.45, 2.75) is 9.79 Å². The van der Waals surface area contributed by atoms with Gasteiger partial charge in [0.2, 0.25) is 0 Å². The third-order valence-electron chi connectivity index (χ3n) is 2.38. The number of nitrogens with one attached hydrogen (secondary N) is 1. The Balaban J connectivity index is 0.00000108. The van der Waals surface area contributed by atoms with Crippen LogP contribution in [0.25, 0.3) is 0 Å². The normalized spacial score (nSPS) is 11.9. The van der Waals surface area contributed by atoms with Crippen molar-refractivity contribution in [3.63, 3.8) is 0 Å². The Kier molecular flexibility index (Phi) is 3.79. The van der Waals surface area contributed by atoms with Crippen LogP contribution in [0.2, 0.25) is 10.0 Å². The molecule has 3 rings (SSSR count). The summed E-state index contributed by atoms with van der Waals surface area (Å²) in [6.07, 6.45) is 0. The molecule has 0 bridgehead atoms. The minimum Gasteiger partial charge on any atom is -0.354 e. The highest BCUT2D eigenvalue weighted by Crippen LogP contribution is 2.45. The number of benzene rings is 2. The van der Waals surface area contributed by atoms with E-state index in [9.17, 15) is 0 Å². The maximum absolute atomic E-state index is 5.97. The Bertz CT molecular complexity index is 522. The predicted molar refractivity (Wildman–Crippen MR) is 77.6 cm³/mol. The quantitative estimate of drug-likeness (QED) is 0.578. The van der Waals surface area contributed by atoms with Crippen LogP contribution < -0.4 is 5.32 Å². The van der Waals surface area contributed by atoms with Gasteiger partial charge < -0.3 is 5.32 Å². The first-order chi connectivity index (χ1) is 7.72. The number of hydrogen-bond acceptors (Lipinski definition) is 2.